The second-order valence-electron chi connectivity index (χ2n) is 12.9. The molecule has 6 atom stereocenters. The molecule has 0 bridgehead atoms. The van der Waals surface area contributed by atoms with Crippen LogP contribution in [0.5, 0.6) is 0 Å². The smallest absolute Gasteiger partial charge is 0.334 e. The minimum Gasteiger partial charge on any atom is -0.455 e. The van der Waals surface area contributed by atoms with Crippen LogP contribution < -0.4 is 0 Å². The Bertz CT molecular complexity index is 694. The van der Waals surface area contributed by atoms with Gasteiger partial charge in [0.25, 0.3) is 0 Å². The number of cyclic esters (lactones) is 1. The average molecular weight is 581 g/mol. The van der Waals surface area contributed by atoms with Gasteiger partial charge in [0.1, 0.15) is 6.10 Å². The van der Waals surface area contributed by atoms with Gasteiger partial charge in [0.15, 0.2) is 0 Å². The molecular weight excluding hydrogens is 516 g/mol. The van der Waals surface area contributed by atoms with E-state index < -0.39 is 18.3 Å². The Morgan fingerprint density at radius 2 is 1.17 bits per heavy atom. The summed E-state index contributed by atoms with van der Waals surface area (Å²) in [5.41, 5.74) is 0.818. The molecule has 2 heterocycles. The highest BCUT2D eigenvalue weighted by molar-refractivity contribution is 5.90. The third-order valence-corrected chi connectivity index (χ3v) is 9.07. The molecule has 0 unspecified atom stereocenters. The Morgan fingerprint density at radius 3 is 1.71 bits per heavy atom. The van der Waals surface area contributed by atoms with Gasteiger partial charge in [-0.1, -0.05) is 110 Å². The van der Waals surface area contributed by atoms with Gasteiger partial charge in [-0.3, -0.25) is 0 Å². The van der Waals surface area contributed by atoms with Crippen LogP contribution in [0.1, 0.15) is 168 Å². The Kier molecular flexibility index (Phi) is 20.0. The van der Waals surface area contributed by atoms with E-state index in [9.17, 15) is 20.1 Å². The fraction of sp³-hybridized carbons (Fsp3) is 0.914. The first-order valence-corrected chi connectivity index (χ1v) is 17.5. The summed E-state index contributed by atoms with van der Waals surface area (Å²) in [6, 6.07) is 0. The van der Waals surface area contributed by atoms with Crippen molar-refractivity contribution in [3.8, 4) is 0 Å². The number of aliphatic hydroxyl groups is 3. The molecule has 0 saturated carbocycles. The van der Waals surface area contributed by atoms with Crippen molar-refractivity contribution in [3.63, 3.8) is 0 Å². The summed E-state index contributed by atoms with van der Waals surface area (Å²) in [7, 11) is 0. The molecule has 0 radical (unpaired) electrons. The third-order valence-electron chi connectivity index (χ3n) is 9.07. The monoisotopic (exact) mass is 580 g/mol. The molecule has 6 heteroatoms. The van der Waals surface area contributed by atoms with Crippen LogP contribution in [-0.2, 0) is 14.3 Å². The highest BCUT2D eigenvalue weighted by atomic mass is 16.5. The van der Waals surface area contributed by atoms with E-state index in [0.29, 0.717) is 12.8 Å². The number of ether oxygens (including phenoxy) is 2. The quantitative estimate of drug-likeness (QED) is 0.0707. The molecule has 2 aliphatic heterocycles. The van der Waals surface area contributed by atoms with E-state index in [1.54, 1.807) is 0 Å². The lowest BCUT2D eigenvalue weighted by molar-refractivity contribution is -0.139. The van der Waals surface area contributed by atoms with Gasteiger partial charge in [-0.2, -0.15) is 0 Å². The second-order valence-corrected chi connectivity index (χ2v) is 12.9. The van der Waals surface area contributed by atoms with Crippen LogP contribution >= 0.6 is 0 Å². The van der Waals surface area contributed by atoms with Gasteiger partial charge < -0.3 is 24.8 Å². The summed E-state index contributed by atoms with van der Waals surface area (Å²) in [5.74, 6) is -0.160. The van der Waals surface area contributed by atoms with E-state index in [4.69, 9.17) is 9.47 Å². The summed E-state index contributed by atoms with van der Waals surface area (Å²) in [6.07, 6.45) is 26.1. The summed E-state index contributed by atoms with van der Waals surface area (Å²) in [4.78, 5) is 11.6. The lowest BCUT2D eigenvalue weighted by atomic mass is 9.99. The summed E-state index contributed by atoms with van der Waals surface area (Å²) in [6.45, 7) is 4.15. The Hall–Kier alpha value is -0.950. The normalized spacial score (nSPS) is 23.0. The van der Waals surface area contributed by atoms with Crippen molar-refractivity contribution in [1.82, 2.24) is 0 Å². The number of rotatable bonds is 26. The summed E-state index contributed by atoms with van der Waals surface area (Å²) >= 11 is 0. The highest BCUT2D eigenvalue weighted by Gasteiger charge is 2.34. The number of unbranched alkanes of at least 4 members (excludes halogenated alkanes) is 15. The fourth-order valence-electron chi connectivity index (χ4n) is 6.37. The maximum atomic E-state index is 11.6. The molecule has 6 nitrogen and oxygen atoms in total. The first-order valence-electron chi connectivity index (χ1n) is 17.5. The predicted molar refractivity (Wildman–Crippen MR) is 167 cm³/mol. The number of hydrogen-bond donors (Lipinski definition) is 3. The molecule has 0 aromatic rings. The lowest BCUT2D eigenvalue weighted by Crippen LogP contribution is -2.31. The minimum absolute atomic E-state index is 0.0836. The number of esters is 1. The highest BCUT2D eigenvalue weighted by Crippen LogP contribution is 2.28. The van der Waals surface area contributed by atoms with Gasteiger partial charge in [-0.25, -0.2) is 4.79 Å². The summed E-state index contributed by atoms with van der Waals surface area (Å²) in [5, 5.41) is 31.6. The molecular formula is C35H64O6. The first-order chi connectivity index (χ1) is 19.9. The van der Waals surface area contributed by atoms with Gasteiger partial charge in [0, 0.05) is 5.57 Å². The zero-order valence-electron chi connectivity index (χ0n) is 26.6. The molecule has 1 saturated heterocycles. The largest absolute Gasteiger partial charge is 0.455 e. The van der Waals surface area contributed by atoms with Crippen LogP contribution in [0, 0.1) is 0 Å². The predicted octanol–water partition coefficient (Wildman–Crippen LogP) is 8.09. The first kappa shape index (κ1) is 36.2. The Morgan fingerprint density at radius 1 is 0.683 bits per heavy atom. The van der Waals surface area contributed by atoms with Crippen LogP contribution in [0.3, 0.4) is 0 Å². The minimum atomic E-state index is -0.576. The van der Waals surface area contributed by atoms with Crippen molar-refractivity contribution in [1.29, 1.82) is 0 Å². The molecule has 3 N–H and O–H groups in total. The van der Waals surface area contributed by atoms with E-state index in [0.717, 1.165) is 76.2 Å². The SMILES string of the molecule is CCCCCCCCCCCCCC[C@@H](O)[C@@H]1CC[C@@H]([C@H](O)CC[C@H](O)CCCCCCCC2=C[C@H](C)OC2=O)O1. The number of carbonyl (C=O) groups is 1. The van der Waals surface area contributed by atoms with Crippen molar-refractivity contribution in [3.05, 3.63) is 11.6 Å². The molecule has 2 rings (SSSR count). The van der Waals surface area contributed by atoms with Crippen LogP contribution in [0.2, 0.25) is 0 Å². The molecule has 2 aliphatic rings. The maximum absolute atomic E-state index is 11.6. The van der Waals surface area contributed by atoms with Gasteiger partial charge in [0.05, 0.1) is 30.5 Å². The van der Waals surface area contributed by atoms with Crippen LogP contribution in [-0.4, -0.2) is 57.9 Å². The zero-order valence-corrected chi connectivity index (χ0v) is 26.6. The summed E-state index contributed by atoms with van der Waals surface area (Å²) < 4.78 is 11.2. The van der Waals surface area contributed by atoms with E-state index in [1.165, 1.54) is 70.6 Å². The number of hydrogen-bond acceptors (Lipinski definition) is 6. The van der Waals surface area contributed by atoms with Crippen LogP contribution in [0.15, 0.2) is 11.6 Å². The van der Waals surface area contributed by atoms with Crippen LogP contribution in [0.25, 0.3) is 0 Å². The van der Waals surface area contributed by atoms with Gasteiger partial charge >= 0.3 is 5.97 Å². The molecule has 0 amide bonds. The van der Waals surface area contributed by atoms with Crippen molar-refractivity contribution >= 4 is 5.97 Å². The average Bonchev–Trinajstić information content (AvgIpc) is 3.58. The van der Waals surface area contributed by atoms with E-state index in [2.05, 4.69) is 6.92 Å². The molecule has 0 spiro atoms. The Labute approximate surface area is 251 Å². The number of aliphatic hydroxyl groups excluding tert-OH is 3. The molecule has 0 aromatic carbocycles. The molecule has 41 heavy (non-hydrogen) atoms. The molecule has 1 fully saturated rings. The fourth-order valence-corrected chi connectivity index (χ4v) is 6.37. The van der Waals surface area contributed by atoms with Crippen molar-refractivity contribution in [2.24, 2.45) is 0 Å². The van der Waals surface area contributed by atoms with Gasteiger partial charge in [0.2, 0.25) is 0 Å². The molecule has 0 aliphatic carbocycles. The van der Waals surface area contributed by atoms with Crippen molar-refractivity contribution < 1.29 is 29.6 Å². The second kappa shape index (κ2) is 22.6. The Balaban J connectivity index is 1.40. The topological polar surface area (TPSA) is 96.2 Å². The molecule has 0 aromatic heterocycles. The third kappa shape index (κ3) is 16.5. The van der Waals surface area contributed by atoms with E-state index in [1.807, 2.05) is 13.0 Å². The van der Waals surface area contributed by atoms with Gasteiger partial charge in [-0.15, -0.1) is 0 Å². The van der Waals surface area contributed by atoms with E-state index >= 15 is 0 Å². The molecule has 240 valence electrons. The number of carbonyl (C=O) groups excluding carboxylic acids is 1. The van der Waals surface area contributed by atoms with Crippen molar-refractivity contribution in [2.45, 2.75) is 205 Å². The maximum Gasteiger partial charge on any atom is 0.334 e. The van der Waals surface area contributed by atoms with E-state index in [-0.39, 0.29) is 24.3 Å². The van der Waals surface area contributed by atoms with Crippen LogP contribution in [0.4, 0.5) is 0 Å². The van der Waals surface area contributed by atoms with Gasteiger partial charge in [-0.05, 0) is 64.4 Å². The zero-order chi connectivity index (χ0) is 29.7. The lowest BCUT2D eigenvalue weighted by Gasteiger charge is -2.23. The van der Waals surface area contributed by atoms with Crippen molar-refractivity contribution in [2.75, 3.05) is 0 Å². The standard InChI is InChI=1S/C35H64O6/c1-3-4-5-6-7-8-9-10-11-12-16-19-22-31(37)33-25-26-34(41-33)32(38)24-23-30(36)21-18-15-13-14-17-20-29-27-28(2)40-35(29)39/h27-28,30-34,36-38H,3-26H2,1-2H3/t28-,30+,31+,32+,33-,34-/m0/s1.